The average molecular weight is 323 g/mol. The van der Waals surface area contributed by atoms with Gasteiger partial charge in [0.2, 0.25) is 0 Å². The number of carbonyl (C=O) groups excluding carboxylic acids is 1. The van der Waals surface area contributed by atoms with E-state index in [1.807, 2.05) is 50.5 Å². The van der Waals surface area contributed by atoms with Crippen molar-refractivity contribution >= 4 is 5.91 Å². The van der Waals surface area contributed by atoms with Crippen molar-refractivity contribution in [3.63, 3.8) is 0 Å². The second-order valence-corrected chi connectivity index (χ2v) is 5.59. The number of para-hydroxylation sites is 1. The molecule has 0 aliphatic rings. The molecule has 5 heteroatoms. The minimum atomic E-state index is -0.217. The Balaban J connectivity index is 1.89. The average Bonchev–Trinajstić information content (AvgIpc) is 2.61. The largest absolute Gasteiger partial charge is 0.482 e. The van der Waals surface area contributed by atoms with Gasteiger partial charge in [0.1, 0.15) is 11.8 Å². The smallest absolute Gasteiger partial charge is 0.258 e. The number of nitrogens with zero attached hydrogens (tertiary/aromatic N) is 2. The van der Waals surface area contributed by atoms with Crippen LogP contribution >= 0.6 is 0 Å². The molecule has 1 atom stereocenters. The van der Waals surface area contributed by atoms with Gasteiger partial charge in [0.25, 0.3) is 5.91 Å². The quantitative estimate of drug-likeness (QED) is 0.849. The maximum Gasteiger partial charge on any atom is 0.258 e. The molecule has 0 unspecified atom stereocenters. The van der Waals surface area contributed by atoms with E-state index >= 15 is 0 Å². The van der Waals surface area contributed by atoms with Crippen LogP contribution in [0.1, 0.15) is 17.2 Å². The van der Waals surface area contributed by atoms with Crippen molar-refractivity contribution in [1.82, 2.24) is 10.2 Å². The molecule has 24 heavy (non-hydrogen) atoms. The molecule has 0 aliphatic carbocycles. The predicted molar refractivity (Wildman–Crippen MR) is 92.5 cm³/mol. The molecule has 0 bridgehead atoms. The summed E-state index contributed by atoms with van der Waals surface area (Å²) in [6.45, 7) is 0.368. The third-order valence-corrected chi connectivity index (χ3v) is 3.67. The first-order chi connectivity index (χ1) is 11.6. The molecular formula is C19H21N3O2. The van der Waals surface area contributed by atoms with Crippen molar-refractivity contribution in [2.75, 3.05) is 27.2 Å². The summed E-state index contributed by atoms with van der Waals surface area (Å²) in [5, 5.41) is 11.9. The van der Waals surface area contributed by atoms with Crippen LogP contribution < -0.4 is 10.1 Å². The van der Waals surface area contributed by atoms with Gasteiger partial charge >= 0.3 is 0 Å². The Kier molecular flexibility index (Phi) is 6.35. The summed E-state index contributed by atoms with van der Waals surface area (Å²) < 4.78 is 5.44. The Morgan fingerprint density at radius 3 is 2.50 bits per heavy atom. The van der Waals surface area contributed by atoms with Crippen molar-refractivity contribution in [2.24, 2.45) is 0 Å². The van der Waals surface area contributed by atoms with Crippen molar-refractivity contribution < 1.29 is 9.53 Å². The van der Waals surface area contributed by atoms with E-state index in [1.165, 1.54) is 0 Å². The predicted octanol–water partition coefficient (Wildman–Crippen LogP) is 2.36. The molecule has 0 saturated heterocycles. The number of hydrogen-bond acceptors (Lipinski definition) is 4. The van der Waals surface area contributed by atoms with Crippen LogP contribution in [0.25, 0.3) is 0 Å². The lowest BCUT2D eigenvalue weighted by Crippen LogP contribution is -2.36. The molecular weight excluding hydrogens is 302 g/mol. The molecule has 2 aromatic rings. The molecule has 0 saturated carbocycles. The summed E-state index contributed by atoms with van der Waals surface area (Å²) in [5.41, 5.74) is 1.55. The highest BCUT2D eigenvalue weighted by molar-refractivity contribution is 5.77. The number of amides is 1. The Morgan fingerprint density at radius 2 is 1.83 bits per heavy atom. The number of nitriles is 1. The van der Waals surface area contributed by atoms with Gasteiger partial charge in [-0.25, -0.2) is 0 Å². The van der Waals surface area contributed by atoms with E-state index in [0.717, 1.165) is 5.56 Å². The maximum absolute atomic E-state index is 12.0. The molecule has 1 N–H and O–H groups in total. The highest BCUT2D eigenvalue weighted by atomic mass is 16.5. The SMILES string of the molecule is CN(C)[C@@H](CNC(=O)COc1ccccc1C#N)c1ccccc1. The number of nitrogens with one attached hydrogen (secondary N) is 1. The number of likely N-dealkylation sites (N-methyl/N-ethyl adjacent to an activating group) is 1. The lowest BCUT2D eigenvalue weighted by Gasteiger charge is -2.25. The molecule has 1 amide bonds. The molecule has 0 aromatic heterocycles. The van der Waals surface area contributed by atoms with Crippen LogP contribution in [0.4, 0.5) is 0 Å². The zero-order valence-corrected chi connectivity index (χ0v) is 13.9. The van der Waals surface area contributed by atoms with E-state index in [1.54, 1.807) is 24.3 Å². The van der Waals surface area contributed by atoms with Gasteiger partial charge in [0.05, 0.1) is 11.6 Å². The van der Waals surface area contributed by atoms with Gasteiger partial charge < -0.3 is 15.0 Å². The maximum atomic E-state index is 12.0. The number of benzene rings is 2. The fraction of sp³-hybridized carbons (Fsp3) is 0.263. The van der Waals surface area contributed by atoms with Gasteiger partial charge in [-0.3, -0.25) is 4.79 Å². The third-order valence-electron chi connectivity index (χ3n) is 3.67. The summed E-state index contributed by atoms with van der Waals surface area (Å²) in [6.07, 6.45) is 0. The van der Waals surface area contributed by atoms with Gasteiger partial charge in [-0.05, 0) is 31.8 Å². The van der Waals surface area contributed by atoms with E-state index in [0.29, 0.717) is 17.9 Å². The van der Waals surface area contributed by atoms with Gasteiger partial charge in [-0.15, -0.1) is 0 Å². The molecule has 124 valence electrons. The Hall–Kier alpha value is -2.84. The van der Waals surface area contributed by atoms with Crippen molar-refractivity contribution in [3.8, 4) is 11.8 Å². The molecule has 5 nitrogen and oxygen atoms in total. The molecule has 0 radical (unpaired) electrons. The Labute approximate surface area is 142 Å². The molecule has 0 aliphatic heterocycles. The van der Waals surface area contributed by atoms with Crippen molar-refractivity contribution in [3.05, 3.63) is 65.7 Å². The summed E-state index contributed by atoms with van der Waals surface area (Å²) in [5.74, 6) is 0.202. The van der Waals surface area contributed by atoms with Gasteiger partial charge in [-0.1, -0.05) is 42.5 Å². The summed E-state index contributed by atoms with van der Waals surface area (Å²) >= 11 is 0. The van der Waals surface area contributed by atoms with E-state index in [4.69, 9.17) is 10.00 Å². The fourth-order valence-electron chi connectivity index (χ4n) is 2.36. The van der Waals surface area contributed by atoms with Crippen LogP contribution in [0.15, 0.2) is 54.6 Å². The van der Waals surface area contributed by atoms with Gasteiger partial charge in [-0.2, -0.15) is 5.26 Å². The minimum Gasteiger partial charge on any atom is -0.482 e. The van der Waals surface area contributed by atoms with Gasteiger partial charge in [0.15, 0.2) is 6.61 Å². The van der Waals surface area contributed by atoms with Crippen LogP contribution in [0.3, 0.4) is 0 Å². The summed E-state index contributed by atoms with van der Waals surface area (Å²) in [6, 6.07) is 19.0. The lowest BCUT2D eigenvalue weighted by molar-refractivity contribution is -0.123. The second-order valence-electron chi connectivity index (χ2n) is 5.59. The first-order valence-electron chi connectivity index (χ1n) is 7.72. The first kappa shape index (κ1) is 17.5. The van der Waals surface area contributed by atoms with Crippen LogP contribution in [0.2, 0.25) is 0 Å². The van der Waals surface area contributed by atoms with E-state index < -0.39 is 0 Å². The highest BCUT2D eigenvalue weighted by Crippen LogP contribution is 2.17. The Morgan fingerprint density at radius 1 is 1.17 bits per heavy atom. The first-order valence-corrected chi connectivity index (χ1v) is 7.72. The summed E-state index contributed by atoms with van der Waals surface area (Å²) in [7, 11) is 3.95. The zero-order valence-electron chi connectivity index (χ0n) is 13.9. The number of carbonyl (C=O) groups is 1. The number of rotatable bonds is 7. The third kappa shape index (κ3) is 4.83. The van der Waals surface area contributed by atoms with Gasteiger partial charge in [0, 0.05) is 6.54 Å². The second kappa shape index (κ2) is 8.70. The molecule has 0 spiro atoms. The molecule has 0 fully saturated rings. The molecule has 2 rings (SSSR count). The van der Waals surface area contributed by atoms with Crippen molar-refractivity contribution in [1.29, 1.82) is 5.26 Å². The minimum absolute atomic E-state index is 0.0848. The fourth-order valence-corrected chi connectivity index (χ4v) is 2.36. The molecule has 2 aromatic carbocycles. The normalized spacial score (nSPS) is 11.6. The van der Waals surface area contributed by atoms with Crippen LogP contribution in [-0.2, 0) is 4.79 Å². The standard InChI is InChI=1S/C19H21N3O2/c1-22(2)17(15-8-4-3-5-9-15)13-21-19(23)14-24-18-11-7-6-10-16(18)12-20/h3-11,17H,13-14H2,1-2H3,(H,21,23)/t17-/m0/s1. The Bertz CT molecular complexity index is 708. The van der Waals surface area contributed by atoms with E-state index in [9.17, 15) is 4.79 Å². The molecule has 0 heterocycles. The lowest BCUT2D eigenvalue weighted by atomic mass is 10.1. The number of hydrogen-bond donors (Lipinski definition) is 1. The van der Waals surface area contributed by atoms with Crippen molar-refractivity contribution in [2.45, 2.75) is 6.04 Å². The van der Waals surface area contributed by atoms with Crippen LogP contribution in [0, 0.1) is 11.3 Å². The highest BCUT2D eigenvalue weighted by Gasteiger charge is 2.15. The van der Waals surface area contributed by atoms with E-state index in [-0.39, 0.29) is 18.6 Å². The topological polar surface area (TPSA) is 65.4 Å². The number of ether oxygens (including phenoxy) is 1. The van der Waals surface area contributed by atoms with Crippen LogP contribution in [-0.4, -0.2) is 38.1 Å². The van der Waals surface area contributed by atoms with E-state index in [2.05, 4.69) is 10.2 Å². The monoisotopic (exact) mass is 323 g/mol. The summed E-state index contributed by atoms with van der Waals surface area (Å²) in [4.78, 5) is 14.1. The van der Waals surface area contributed by atoms with Crippen LogP contribution in [0.5, 0.6) is 5.75 Å². The zero-order chi connectivity index (χ0) is 17.4.